The van der Waals surface area contributed by atoms with Crippen LogP contribution in [0.4, 0.5) is 9.18 Å². The van der Waals surface area contributed by atoms with E-state index in [9.17, 15) is 24.0 Å². The highest BCUT2D eigenvalue weighted by molar-refractivity contribution is 6.07. The zero-order valence-electron chi connectivity index (χ0n) is 12.9. The van der Waals surface area contributed by atoms with E-state index in [1.807, 2.05) is 5.32 Å². The van der Waals surface area contributed by atoms with Gasteiger partial charge in [0, 0.05) is 5.92 Å². The Kier molecular flexibility index (Phi) is 5.17. The van der Waals surface area contributed by atoms with Crippen LogP contribution in [-0.4, -0.2) is 41.4 Å². The third-order valence-corrected chi connectivity index (χ3v) is 3.19. The number of ether oxygens (including phenoxy) is 1. The van der Waals surface area contributed by atoms with Crippen LogP contribution < -0.4 is 10.6 Å². The second-order valence-corrected chi connectivity index (χ2v) is 5.42. The van der Waals surface area contributed by atoms with Gasteiger partial charge in [0.15, 0.2) is 5.76 Å². The van der Waals surface area contributed by atoms with Crippen LogP contribution in [-0.2, 0) is 14.3 Å². The quantitative estimate of drug-likeness (QED) is 0.201. The molecule has 24 heavy (non-hydrogen) atoms. The summed E-state index contributed by atoms with van der Waals surface area (Å²) in [4.78, 5) is 35.4. The number of esters is 1. The number of furan rings is 1. The van der Waals surface area contributed by atoms with Crippen molar-refractivity contribution in [2.24, 2.45) is 11.8 Å². The number of carbonyl (C=O) groups is 3. The number of imide groups is 1. The van der Waals surface area contributed by atoms with Gasteiger partial charge >= 0.3 is 12.0 Å². The number of hydrogen-bond acceptors (Lipinski definition) is 6. The van der Waals surface area contributed by atoms with Crippen molar-refractivity contribution >= 4 is 24.1 Å². The van der Waals surface area contributed by atoms with E-state index < -0.39 is 42.3 Å². The predicted molar refractivity (Wildman–Crippen MR) is 77.3 cm³/mol. The van der Waals surface area contributed by atoms with Crippen molar-refractivity contribution in [1.29, 1.82) is 0 Å². The molecular formula is C14H16FN3O6. The summed E-state index contributed by atoms with van der Waals surface area (Å²) in [5.41, 5.74) is 0. The highest BCUT2D eigenvalue weighted by Crippen LogP contribution is 2.16. The minimum Gasteiger partial charge on any atom is -0.622 e. The summed E-state index contributed by atoms with van der Waals surface area (Å²) >= 11 is 0. The number of hydroxylamine groups is 1. The fourth-order valence-electron chi connectivity index (χ4n) is 1.92. The largest absolute Gasteiger partial charge is 0.622 e. The lowest BCUT2D eigenvalue weighted by atomic mass is 10.0. The van der Waals surface area contributed by atoms with Gasteiger partial charge in [-0.25, -0.2) is 9.18 Å². The first-order valence-corrected chi connectivity index (χ1v) is 7.09. The molecule has 3 atom stereocenters. The average Bonchev–Trinajstić information content (AvgIpc) is 2.98. The summed E-state index contributed by atoms with van der Waals surface area (Å²) in [6, 6.07) is 2.02. The molecule has 1 aromatic heterocycles. The molecule has 2 heterocycles. The molecule has 1 fully saturated rings. The lowest BCUT2D eigenvalue weighted by Crippen LogP contribution is -2.63. The second kappa shape index (κ2) is 7.11. The number of rotatable bonds is 5. The molecule has 3 amide bonds. The normalized spacial score (nSPS) is 22.8. The first-order chi connectivity index (χ1) is 11.3. The highest BCUT2D eigenvalue weighted by Gasteiger charge is 2.48. The number of alkyl halides is 1. The van der Waals surface area contributed by atoms with Crippen LogP contribution in [0.1, 0.15) is 19.6 Å². The van der Waals surface area contributed by atoms with Gasteiger partial charge in [-0.3, -0.25) is 20.2 Å². The van der Waals surface area contributed by atoms with Crippen molar-refractivity contribution in [2.45, 2.75) is 26.4 Å². The van der Waals surface area contributed by atoms with E-state index in [2.05, 4.69) is 10.1 Å². The Morgan fingerprint density at radius 1 is 1.50 bits per heavy atom. The van der Waals surface area contributed by atoms with Crippen molar-refractivity contribution in [2.75, 3.05) is 0 Å². The highest BCUT2D eigenvalue weighted by atomic mass is 19.1. The van der Waals surface area contributed by atoms with Gasteiger partial charge in [0.25, 0.3) is 12.1 Å². The van der Waals surface area contributed by atoms with Crippen LogP contribution in [0.25, 0.3) is 0 Å². The molecule has 2 N–H and O–H groups in total. The fraction of sp³-hybridized carbons (Fsp3) is 0.429. The summed E-state index contributed by atoms with van der Waals surface area (Å²) in [5, 5.41) is 16.2. The Morgan fingerprint density at radius 3 is 2.79 bits per heavy atom. The fourth-order valence-corrected chi connectivity index (χ4v) is 1.92. The van der Waals surface area contributed by atoms with Crippen LogP contribution in [0.5, 0.6) is 0 Å². The molecular weight excluding hydrogens is 325 g/mol. The summed E-state index contributed by atoms with van der Waals surface area (Å²) < 4.78 is 23.3. The van der Waals surface area contributed by atoms with Gasteiger partial charge in [-0.2, -0.15) is 4.74 Å². The number of carbonyl (C=O) groups excluding carboxylic acids is 3. The van der Waals surface area contributed by atoms with Crippen LogP contribution in [0.2, 0.25) is 0 Å². The zero-order chi connectivity index (χ0) is 17.9. The number of hydrogen-bond donors (Lipinski definition) is 2. The number of nitrogens with zero attached hydrogens (tertiary/aromatic N) is 1. The molecule has 0 aromatic carbocycles. The van der Waals surface area contributed by atoms with E-state index >= 15 is 0 Å². The molecule has 2 rings (SSSR count). The lowest BCUT2D eigenvalue weighted by Gasteiger charge is -2.28. The number of amides is 3. The number of halogens is 1. The molecule has 0 aliphatic carbocycles. The number of nitrogens with one attached hydrogen (secondary N) is 2. The zero-order valence-corrected chi connectivity index (χ0v) is 12.9. The van der Waals surface area contributed by atoms with Gasteiger partial charge < -0.3 is 14.4 Å². The van der Waals surface area contributed by atoms with Crippen molar-refractivity contribution < 1.29 is 32.7 Å². The summed E-state index contributed by atoms with van der Waals surface area (Å²) in [6.07, 6.45) is -1.28. The number of urea groups is 1. The Bertz CT molecular complexity index is 657. The van der Waals surface area contributed by atoms with Crippen molar-refractivity contribution in [3.63, 3.8) is 0 Å². The van der Waals surface area contributed by atoms with Crippen LogP contribution in [0.3, 0.4) is 0 Å². The summed E-state index contributed by atoms with van der Waals surface area (Å²) in [7, 11) is 0. The molecule has 1 aliphatic rings. The summed E-state index contributed by atoms with van der Waals surface area (Å²) in [6.45, 7) is 2.95. The van der Waals surface area contributed by atoms with Crippen molar-refractivity contribution in [1.82, 2.24) is 10.6 Å². The molecule has 9 nitrogen and oxygen atoms in total. The molecule has 3 unspecified atom stereocenters. The molecule has 1 saturated heterocycles. The molecule has 0 bridgehead atoms. The minimum atomic E-state index is -1.95. The predicted octanol–water partition coefficient (Wildman–Crippen LogP) is 0.485. The second-order valence-electron chi connectivity index (χ2n) is 5.42. The third-order valence-electron chi connectivity index (χ3n) is 3.19. The molecule has 0 radical (unpaired) electrons. The van der Waals surface area contributed by atoms with E-state index in [1.165, 1.54) is 32.2 Å². The van der Waals surface area contributed by atoms with Gasteiger partial charge in [-0.1, -0.05) is 13.8 Å². The van der Waals surface area contributed by atoms with Crippen LogP contribution >= 0.6 is 0 Å². The third kappa shape index (κ3) is 3.89. The topological polar surface area (TPSA) is 124 Å². The Balaban J connectivity index is 2.25. The van der Waals surface area contributed by atoms with E-state index in [-0.39, 0.29) is 10.5 Å². The monoisotopic (exact) mass is 341 g/mol. The lowest BCUT2D eigenvalue weighted by molar-refractivity contribution is -0.507. The maximum atomic E-state index is 13.6. The molecule has 0 saturated carbocycles. The van der Waals surface area contributed by atoms with Gasteiger partial charge in [0.1, 0.15) is 0 Å². The van der Waals surface area contributed by atoms with Crippen molar-refractivity contribution in [3.8, 4) is 0 Å². The van der Waals surface area contributed by atoms with E-state index in [4.69, 9.17) is 4.42 Å². The van der Waals surface area contributed by atoms with Crippen LogP contribution in [0.15, 0.2) is 22.8 Å². The molecule has 130 valence electrons. The Hall–Kier alpha value is -2.91. The van der Waals surface area contributed by atoms with Gasteiger partial charge in [0.2, 0.25) is 18.5 Å². The maximum Gasteiger partial charge on any atom is 0.330 e. The van der Waals surface area contributed by atoms with Crippen LogP contribution in [0, 0.1) is 17.0 Å². The molecule has 1 aliphatic heterocycles. The van der Waals surface area contributed by atoms with E-state index in [0.717, 1.165) is 6.21 Å². The first kappa shape index (κ1) is 17.4. The average molecular weight is 341 g/mol. The molecule has 1 aromatic rings. The summed E-state index contributed by atoms with van der Waals surface area (Å²) in [5.74, 6) is -4.54. The minimum absolute atomic E-state index is 0.142. The molecule has 10 heteroatoms. The Morgan fingerprint density at radius 2 is 2.21 bits per heavy atom. The molecule has 0 spiro atoms. The van der Waals surface area contributed by atoms with Crippen molar-refractivity contribution in [3.05, 3.63) is 29.4 Å². The van der Waals surface area contributed by atoms with Gasteiger partial charge in [-0.15, -0.1) is 0 Å². The van der Waals surface area contributed by atoms with Gasteiger partial charge in [-0.05, 0) is 12.1 Å². The van der Waals surface area contributed by atoms with E-state index in [0.29, 0.717) is 0 Å². The SMILES string of the molecule is CC(C)C(F)OC(=O)C1C(=O)NC(=O)NC1/[N+]([O-])=C\c1ccco1. The smallest absolute Gasteiger partial charge is 0.330 e. The maximum absolute atomic E-state index is 13.6. The van der Waals surface area contributed by atoms with Gasteiger partial charge in [0.05, 0.1) is 6.26 Å². The first-order valence-electron chi connectivity index (χ1n) is 7.09. The standard InChI is InChI=1S/C14H16FN3O6/c1-7(2)10(15)24-13(20)9-11(16-14(21)17-12(9)19)18(22)6-8-4-3-5-23-8/h3-7,9-11H,1-2H3,(H2,16,17,19,21)/b18-6+. The van der Waals surface area contributed by atoms with E-state index in [1.54, 1.807) is 0 Å². The Labute approximate surface area is 136 Å².